The molecule has 0 bridgehead atoms. The second kappa shape index (κ2) is 3.52. The van der Waals surface area contributed by atoms with E-state index < -0.39 is 10.3 Å². The normalized spacial score (nSPS) is 11.5. The lowest BCUT2D eigenvalue weighted by Crippen LogP contribution is -2.18. The highest BCUT2D eigenvalue weighted by Gasteiger charge is 2.04. The van der Waals surface area contributed by atoms with Crippen LogP contribution in [0.2, 0.25) is 0 Å². The summed E-state index contributed by atoms with van der Waals surface area (Å²) in [6, 6.07) is 12.5. The third-order valence-electron chi connectivity index (χ3n) is 1.93. The Balaban J connectivity index is 2.48. The maximum atomic E-state index is 10.7. The third kappa shape index (κ3) is 2.45. The van der Waals surface area contributed by atoms with Gasteiger partial charge in [-0.1, -0.05) is 30.3 Å². The van der Waals surface area contributed by atoms with Crippen LogP contribution in [0.5, 0.6) is 5.75 Å². The SMILES string of the molecule is NS(=O)(=O)Oc1ccc2ccccc2c1. The van der Waals surface area contributed by atoms with Gasteiger partial charge in [0.2, 0.25) is 0 Å². The van der Waals surface area contributed by atoms with Gasteiger partial charge in [-0.15, -0.1) is 0 Å². The van der Waals surface area contributed by atoms with Gasteiger partial charge in [-0.25, -0.2) is 0 Å². The van der Waals surface area contributed by atoms with Crippen molar-refractivity contribution in [3.05, 3.63) is 42.5 Å². The first-order chi connectivity index (χ1) is 7.04. The molecule has 5 heteroatoms. The molecule has 2 aromatic rings. The van der Waals surface area contributed by atoms with Gasteiger partial charge in [0.15, 0.2) is 0 Å². The Hall–Kier alpha value is -1.59. The summed E-state index contributed by atoms with van der Waals surface area (Å²) in [7, 11) is -3.95. The number of hydrogen-bond donors (Lipinski definition) is 1. The van der Waals surface area contributed by atoms with Crippen LogP contribution < -0.4 is 9.32 Å². The molecule has 2 aromatic carbocycles. The quantitative estimate of drug-likeness (QED) is 0.837. The van der Waals surface area contributed by atoms with Crippen molar-refractivity contribution in [1.29, 1.82) is 0 Å². The van der Waals surface area contributed by atoms with Crippen molar-refractivity contribution in [1.82, 2.24) is 0 Å². The zero-order chi connectivity index (χ0) is 10.9. The van der Waals surface area contributed by atoms with Crippen molar-refractivity contribution in [3.8, 4) is 5.75 Å². The lowest BCUT2D eigenvalue weighted by molar-refractivity contribution is 0.488. The summed E-state index contributed by atoms with van der Waals surface area (Å²) in [5.41, 5.74) is 0. The van der Waals surface area contributed by atoms with Gasteiger partial charge in [0.05, 0.1) is 0 Å². The van der Waals surface area contributed by atoms with E-state index >= 15 is 0 Å². The van der Waals surface area contributed by atoms with Crippen molar-refractivity contribution >= 4 is 21.1 Å². The third-order valence-corrected chi connectivity index (χ3v) is 2.36. The molecule has 78 valence electrons. The first kappa shape index (κ1) is 9.95. The average molecular weight is 223 g/mol. The molecule has 0 saturated carbocycles. The molecule has 2 rings (SSSR count). The minimum Gasteiger partial charge on any atom is -0.371 e. The summed E-state index contributed by atoms with van der Waals surface area (Å²) < 4.78 is 25.9. The first-order valence-corrected chi connectivity index (χ1v) is 5.73. The van der Waals surface area contributed by atoms with Gasteiger partial charge in [0.25, 0.3) is 0 Å². The highest BCUT2D eigenvalue weighted by molar-refractivity contribution is 7.84. The van der Waals surface area contributed by atoms with E-state index in [-0.39, 0.29) is 5.75 Å². The second-order valence-corrected chi connectivity index (χ2v) is 4.24. The fourth-order valence-electron chi connectivity index (χ4n) is 1.35. The van der Waals surface area contributed by atoms with Gasteiger partial charge < -0.3 is 4.18 Å². The summed E-state index contributed by atoms with van der Waals surface area (Å²) in [6.07, 6.45) is 0. The number of fused-ring (bicyclic) bond motifs is 1. The Labute approximate surface area is 87.5 Å². The molecule has 0 aromatic heterocycles. The lowest BCUT2D eigenvalue weighted by Gasteiger charge is -2.03. The first-order valence-electron chi connectivity index (χ1n) is 4.26. The Morgan fingerprint density at radius 3 is 2.33 bits per heavy atom. The Morgan fingerprint density at radius 2 is 1.67 bits per heavy atom. The largest absolute Gasteiger partial charge is 0.380 e. The zero-order valence-electron chi connectivity index (χ0n) is 7.75. The highest BCUT2D eigenvalue weighted by Crippen LogP contribution is 2.20. The van der Waals surface area contributed by atoms with E-state index in [1.165, 1.54) is 0 Å². The molecule has 15 heavy (non-hydrogen) atoms. The van der Waals surface area contributed by atoms with E-state index in [0.29, 0.717) is 0 Å². The van der Waals surface area contributed by atoms with Gasteiger partial charge >= 0.3 is 10.3 Å². The maximum Gasteiger partial charge on any atom is 0.380 e. The van der Waals surface area contributed by atoms with Crippen LogP contribution in [-0.4, -0.2) is 8.42 Å². The van der Waals surface area contributed by atoms with Crippen LogP contribution in [0, 0.1) is 0 Å². The van der Waals surface area contributed by atoms with Crippen LogP contribution in [0.4, 0.5) is 0 Å². The summed E-state index contributed by atoms with van der Waals surface area (Å²) in [5, 5.41) is 6.68. The predicted molar refractivity (Wildman–Crippen MR) is 57.7 cm³/mol. The van der Waals surface area contributed by atoms with Crippen molar-refractivity contribution in [2.45, 2.75) is 0 Å². The van der Waals surface area contributed by atoms with Gasteiger partial charge in [-0.05, 0) is 22.9 Å². The van der Waals surface area contributed by atoms with Crippen molar-refractivity contribution in [2.24, 2.45) is 5.14 Å². The molecule has 0 atom stereocenters. The van der Waals surface area contributed by atoms with Gasteiger partial charge in [0.1, 0.15) is 5.75 Å². The van der Waals surface area contributed by atoms with Crippen LogP contribution >= 0.6 is 0 Å². The van der Waals surface area contributed by atoms with E-state index in [0.717, 1.165) is 10.8 Å². The molecule has 4 nitrogen and oxygen atoms in total. The van der Waals surface area contributed by atoms with Crippen molar-refractivity contribution in [3.63, 3.8) is 0 Å². The molecule has 0 saturated heterocycles. The molecule has 0 unspecified atom stereocenters. The number of hydrogen-bond acceptors (Lipinski definition) is 3. The van der Waals surface area contributed by atoms with Crippen molar-refractivity contribution in [2.75, 3.05) is 0 Å². The predicted octanol–water partition coefficient (Wildman–Crippen LogP) is 1.42. The summed E-state index contributed by atoms with van der Waals surface area (Å²) >= 11 is 0. The highest BCUT2D eigenvalue weighted by atomic mass is 32.2. The average Bonchev–Trinajstić information content (AvgIpc) is 2.15. The fraction of sp³-hybridized carbons (Fsp3) is 0. The molecular weight excluding hydrogens is 214 g/mol. The van der Waals surface area contributed by atoms with Gasteiger partial charge in [-0.3, -0.25) is 0 Å². The van der Waals surface area contributed by atoms with Crippen LogP contribution in [0.25, 0.3) is 10.8 Å². The number of benzene rings is 2. The van der Waals surface area contributed by atoms with E-state index in [1.807, 2.05) is 24.3 Å². The molecule has 0 amide bonds. The van der Waals surface area contributed by atoms with E-state index in [9.17, 15) is 8.42 Å². The molecule has 0 aliphatic heterocycles. The summed E-state index contributed by atoms with van der Waals surface area (Å²) in [4.78, 5) is 0. The smallest absolute Gasteiger partial charge is 0.371 e. The Kier molecular flexibility index (Phi) is 2.34. The Morgan fingerprint density at radius 1 is 1.00 bits per heavy atom. The molecule has 0 heterocycles. The molecule has 0 aliphatic rings. The molecule has 0 radical (unpaired) electrons. The van der Waals surface area contributed by atoms with Crippen LogP contribution in [0.15, 0.2) is 42.5 Å². The monoisotopic (exact) mass is 223 g/mol. The molecule has 2 N–H and O–H groups in total. The molecular formula is C10H9NO3S. The molecule has 0 spiro atoms. The number of rotatable bonds is 2. The summed E-state index contributed by atoms with van der Waals surface area (Å²) in [6.45, 7) is 0. The van der Waals surface area contributed by atoms with E-state index in [1.54, 1.807) is 18.2 Å². The fourth-order valence-corrected chi connectivity index (χ4v) is 1.73. The maximum absolute atomic E-state index is 10.7. The standard InChI is InChI=1S/C10H9NO3S/c11-15(12,13)14-10-6-5-8-3-1-2-4-9(8)7-10/h1-7H,(H2,11,12,13). The van der Waals surface area contributed by atoms with Crippen LogP contribution in [-0.2, 0) is 10.3 Å². The van der Waals surface area contributed by atoms with Gasteiger partial charge in [0, 0.05) is 0 Å². The van der Waals surface area contributed by atoms with Crippen LogP contribution in [0.3, 0.4) is 0 Å². The van der Waals surface area contributed by atoms with E-state index in [2.05, 4.69) is 4.18 Å². The van der Waals surface area contributed by atoms with E-state index in [4.69, 9.17) is 5.14 Å². The second-order valence-electron chi connectivity index (χ2n) is 3.09. The molecule has 0 fully saturated rings. The Bertz CT molecular complexity index is 592. The van der Waals surface area contributed by atoms with Crippen molar-refractivity contribution < 1.29 is 12.6 Å². The molecule has 0 aliphatic carbocycles. The van der Waals surface area contributed by atoms with Crippen LogP contribution in [0.1, 0.15) is 0 Å². The lowest BCUT2D eigenvalue weighted by atomic mass is 10.1. The van der Waals surface area contributed by atoms with Gasteiger partial charge in [-0.2, -0.15) is 13.6 Å². The number of nitrogens with two attached hydrogens (primary N) is 1. The topological polar surface area (TPSA) is 69.4 Å². The minimum absolute atomic E-state index is 0.219. The summed E-state index contributed by atoms with van der Waals surface area (Å²) in [5.74, 6) is 0.219. The minimum atomic E-state index is -3.95. The zero-order valence-corrected chi connectivity index (χ0v) is 8.57.